The molecule has 11 heteroatoms. The van der Waals surface area contributed by atoms with Gasteiger partial charge >= 0.3 is 17.1 Å². The average molecular weight is 276 g/mol. The van der Waals surface area contributed by atoms with Crippen LogP contribution in [0.25, 0.3) is 47.9 Å². The minimum atomic E-state index is 0. The van der Waals surface area contributed by atoms with Crippen molar-refractivity contribution in [2.45, 2.75) is 19.3 Å². The van der Waals surface area contributed by atoms with E-state index in [2.05, 4.69) is 5.32 Å². The van der Waals surface area contributed by atoms with Crippen LogP contribution in [-0.4, -0.2) is 13.1 Å². The maximum absolute atomic E-state index is 6.75. The standard InChI is InChI=1S/C5H11N.Cu.3N3/c1-2-4-6-5-3-1;;3*1-3-2/h6H,1-5H2;;;;/q;+2;3*-1/p+1. The smallest absolute Gasteiger partial charge is 0.373 e. The molecule has 0 saturated carbocycles. The molecule has 1 aliphatic heterocycles. The Labute approximate surface area is 103 Å². The van der Waals surface area contributed by atoms with Gasteiger partial charge in [-0.2, -0.15) is 0 Å². The molecule has 1 fully saturated rings. The van der Waals surface area contributed by atoms with Crippen molar-refractivity contribution in [2.24, 2.45) is 0 Å². The monoisotopic (exact) mass is 275 g/mol. The Hall–Kier alpha value is -1.59. The molecular formula is C5H12CuN10. The number of nitrogens with two attached hydrogens (primary N) is 1. The summed E-state index contributed by atoms with van der Waals surface area (Å²) in [6, 6.07) is 0. The SMILES string of the molecule is C1CC[NH2+]CC1.[Cu+2].[N-]=[N+]=[N-].[N-]=[N+]=[N-].[N-]=[N+]=[N-]. The summed E-state index contributed by atoms with van der Waals surface area (Å²) in [4.78, 5) is 4.50. The number of hydrogen-bond acceptors (Lipinski definition) is 0. The molecule has 0 bridgehead atoms. The first-order valence-electron chi connectivity index (χ1n) is 4.02. The molecule has 0 aromatic heterocycles. The summed E-state index contributed by atoms with van der Waals surface area (Å²) in [5.74, 6) is 0. The summed E-state index contributed by atoms with van der Waals surface area (Å²) in [7, 11) is 0. The summed E-state index contributed by atoms with van der Waals surface area (Å²) in [6.07, 6.45) is 4.36. The van der Waals surface area contributed by atoms with E-state index >= 15 is 0 Å². The van der Waals surface area contributed by atoms with Gasteiger partial charge in [0.05, 0.1) is 13.1 Å². The maximum Gasteiger partial charge on any atom is 2.00 e. The summed E-state index contributed by atoms with van der Waals surface area (Å²) >= 11 is 0. The fourth-order valence-electron chi connectivity index (χ4n) is 0.898. The van der Waals surface area contributed by atoms with Crippen molar-refractivity contribution in [3.05, 3.63) is 47.9 Å². The topological polar surface area (TPSA) is 193 Å². The van der Waals surface area contributed by atoms with Gasteiger partial charge < -0.3 is 38.5 Å². The van der Waals surface area contributed by atoms with Gasteiger partial charge in [-0.05, 0) is 19.3 Å². The van der Waals surface area contributed by atoms with Crippen LogP contribution < -0.4 is 5.32 Å². The molecule has 1 radical (unpaired) electrons. The van der Waals surface area contributed by atoms with Crippen molar-refractivity contribution in [3.8, 4) is 0 Å². The number of quaternary nitrogens is 1. The van der Waals surface area contributed by atoms with Gasteiger partial charge in [-0.1, -0.05) is 0 Å². The Bertz CT molecular complexity index is 165. The first-order valence-corrected chi connectivity index (χ1v) is 4.02. The van der Waals surface area contributed by atoms with Crippen molar-refractivity contribution < 1.29 is 22.4 Å². The molecule has 0 unspecified atom stereocenters. The predicted octanol–water partition coefficient (Wildman–Crippen LogP) is 2.33. The first-order chi connectivity index (χ1) is 7.24. The Kier molecular flexibility index (Phi) is 56.2. The van der Waals surface area contributed by atoms with Crippen molar-refractivity contribution in [2.75, 3.05) is 13.1 Å². The van der Waals surface area contributed by atoms with Gasteiger partial charge in [-0.25, -0.2) is 0 Å². The van der Waals surface area contributed by atoms with Crippen LogP contribution in [0.4, 0.5) is 0 Å². The zero-order chi connectivity index (χ0) is 12.4. The summed E-state index contributed by atoms with van der Waals surface area (Å²) in [6.45, 7) is 2.75. The minimum Gasteiger partial charge on any atom is -0.373 e. The van der Waals surface area contributed by atoms with Gasteiger partial charge in [0.15, 0.2) is 0 Å². The summed E-state index contributed by atoms with van der Waals surface area (Å²) in [5.41, 5.74) is 40.5. The van der Waals surface area contributed by atoms with Crippen LogP contribution in [0.5, 0.6) is 0 Å². The second kappa shape index (κ2) is 37.6. The molecule has 1 saturated heterocycles. The van der Waals surface area contributed by atoms with Gasteiger partial charge in [-0.3, -0.25) is 14.7 Å². The van der Waals surface area contributed by atoms with Crippen LogP contribution in [-0.2, 0) is 17.1 Å². The van der Waals surface area contributed by atoms with Crippen molar-refractivity contribution in [3.63, 3.8) is 0 Å². The third kappa shape index (κ3) is 83.1. The predicted molar refractivity (Wildman–Crippen MR) is 55.7 cm³/mol. The Morgan fingerprint density at radius 2 is 0.875 bits per heavy atom. The maximum atomic E-state index is 6.75. The second-order valence-corrected chi connectivity index (χ2v) is 2.20. The Balaban J connectivity index is -0.0000000637. The van der Waals surface area contributed by atoms with Crippen molar-refractivity contribution in [1.29, 1.82) is 0 Å². The third-order valence-corrected chi connectivity index (χ3v) is 1.32. The van der Waals surface area contributed by atoms with E-state index in [9.17, 15) is 0 Å². The molecule has 1 rings (SSSR count). The fraction of sp³-hybridized carbons (Fsp3) is 1.00. The molecule has 0 amide bonds. The van der Waals surface area contributed by atoms with Gasteiger partial charge in [0.2, 0.25) is 0 Å². The molecule has 0 aliphatic carbocycles. The molecule has 93 valence electrons. The van der Waals surface area contributed by atoms with Crippen LogP contribution >= 0.6 is 0 Å². The van der Waals surface area contributed by atoms with Gasteiger partial charge in [-0.15, -0.1) is 0 Å². The molecule has 0 aromatic rings. The largest absolute Gasteiger partial charge is 2.00 e. The Morgan fingerprint density at radius 3 is 0.938 bits per heavy atom. The zero-order valence-corrected chi connectivity index (χ0v) is 9.38. The van der Waals surface area contributed by atoms with E-state index in [0.717, 1.165) is 0 Å². The van der Waals surface area contributed by atoms with E-state index in [1.165, 1.54) is 47.1 Å². The molecule has 2 N–H and O–H groups in total. The van der Waals surface area contributed by atoms with E-state index in [1.807, 2.05) is 0 Å². The second-order valence-electron chi connectivity index (χ2n) is 2.20. The van der Waals surface area contributed by atoms with Crippen LogP contribution in [0.15, 0.2) is 0 Å². The molecule has 16 heavy (non-hydrogen) atoms. The Morgan fingerprint density at radius 1 is 0.625 bits per heavy atom. The third-order valence-electron chi connectivity index (χ3n) is 1.32. The van der Waals surface area contributed by atoms with E-state index in [0.29, 0.717) is 0 Å². The van der Waals surface area contributed by atoms with E-state index < -0.39 is 0 Å². The van der Waals surface area contributed by atoms with Crippen molar-refractivity contribution in [1.82, 2.24) is 0 Å². The molecular weight excluding hydrogens is 264 g/mol. The number of nitrogens with zero attached hydrogens (tertiary/aromatic N) is 9. The quantitative estimate of drug-likeness (QED) is 0.293. The van der Waals surface area contributed by atoms with Gasteiger partial charge in [0.25, 0.3) is 0 Å². The molecule has 1 aliphatic rings. The van der Waals surface area contributed by atoms with Gasteiger partial charge in [0, 0.05) is 0 Å². The molecule has 1 heterocycles. The van der Waals surface area contributed by atoms with Crippen molar-refractivity contribution >= 4 is 0 Å². The van der Waals surface area contributed by atoms with E-state index in [4.69, 9.17) is 33.2 Å². The summed E-state index contributed by atoms with van der Waals surface area (Å²) in [5, 5.41) is 2.39. The average Bonchev–Trinajstić information content (AvgIpc) is 2.24. The van der Waals surface area contributed by atoms with E-state index in [-0.39, 0.29) is 17.1 Å². The first kappa shape index (κ1) is 23.9. The number of hydrogen-bond donors (Lipinski definition) is 1. The number of piperidine rings is 1. The minimum absolute atomic E-state index is 0. The zero-order valence-electron chi connectivity index (χ0n) is 8.44. The molecule has 10 nitrogen and oxygen atoms in total. The van der Waals surface area contributed by atoms with Crippen LogP contribution in [0.3, 0.4) is 0 Å². The number of rotatable bonds is 0. The van der Waals surface area contributed by atoms with E-state index in [1.54, 1.807) is 0 Å². The summed E-state index contributed by atoms with van der Waals surface area (Å²) < 4.78 is 0. The molecule has 0 aromatic carbocycles. The molecule has 0 spiro atoms. The van der Waals surface area contributed by atoms with Crippen LogP contribution in [0.2, 0.25) is 0 Å². The van der Waals surface area contributed by atoms with Crippen LogP contribution in [0, 0.1) is 0 Å². The normalized spacial score (nSPS) is 10.5. The molecule has 0 atom stereocenters. The van der Waals surface area contributed by atoms with Crippen LogP contribution in [0.1, 0.15) is 19.3 Å². The van der Waals surface area contributed by atoms with Gasteiger partial charge in [0.1, 0.15) is 0 Å². The fourth-order valence-corrected chi connectivity index (χ4v) is 0.898.